The third-order valence-corrected chi connectivity index (χ3v) is 7.57. The molecule has 0 saturated heterocycles. The standard InChI is InChI=1S/C27H22N4OS/c28-24-20-15-18-14-17(16-6-2-1-3-7-16)11-12-21(18)31-27(20)33-25(24)26(32)30-23-10-4-9-22-19(23)8-5-13-29-22/h1-10,13,15,17H,11-12,14,28H2,(H,30,32)/t17-/m1/s1. The van der Waals surface area contributed by atoms with Gasteiger partial charge in [-0.3, -0.25) is 9.78 Å². The van der Waals surface area contributed by atoms with E-state index in [9.17, 15) is 4.79 Å². The molecule has 6 heteroatoms. The number of amides is 1. The molecule has 0 spiro atoms. The van der Waals surface area contributed by atoms with E-state index >= 15 is 0 Å². The van der Waals surface area contributed by atoms with Crippen LogP contribution in [0.5, 0.6) is 0 Å². The van der Waals surface area contributed by atoms with Gasteiger partial charge in [-0.15, -0.1) is 11.3 Å². The van der Waals surface area contributed by atoms with Gasteiger partial charge < -0.3 is 11.1 Å². The van der Waals surface area contributed by atoms with Crippen LogP contribution in [0.1, 0.15) is 38.8 Å². The summed E-state index contributed by atoms with van der Waals surface area (Å²) in [5.41, 5.74) is 12.3. The fourth-order valence-corrected chi connectivity index (χ4v) is 5.75. The number of pyridine rings is 2. The Morgan fingerprint density at radius 2 is 1.91 bits per heavy atom. The van der Waals surface area contributed by atoms with Crippen LogP contribution >= 0.6 is 11.3 Å². The molecule has 0 bridgehead atoms. The van der Waals surface area contributed by atoms with E-state index in [1.165, 1.54) is 22.5 Å². The summed E-state index contributed by atoms with van der Waals surface area (Å²) in [5, 5.41) is 4.79. The lowest BCUT2D eigenvalue weighted by molar-refractivity contribution is 0.103. The van der Waals surface area contributed by atoms with E-state index in [0.29, 0.717) is 16.5 Å². The smallest absolute Gasteiger partial charge is 0.267 e. The van der Waals surface area contributed by atoms with Gasteiger partial charge in [0.05, 0.1) is 16.9 Å². The van der Waals surface area contributed by atoms with Gasteiger partial charge in [-0.2, -0.15) is 0 Å². The van der Waals surface area contributed by atoms with Crippen molar-refractivity contribution in [2.45, 2.75) is 25.2 Å². The van der Waals surface area contributed by atoms with Crippen molar-refractivity contribution in [2.75, 3.05) is 11.1 Å². The van der Waals surface area contributed by atoms with Crippen LogP contribution in [-0.2, 0) is 12.8 Å². The minimum Gasteiger partial charge on any atom is -0.397 e. The number of aromatic nitrogens is 2. The maximum absolute atomic E-state index is 13.2. The molecule has 1 aliphatic rings. The molecule has 1 atom stereocenters. The van der Waals surface area contributed by atoms with Gasteiger partial charge in [0.2, 0.25) is 0 Å². The second-order valence-corrected chi connectivity index (χ2v) is 9.47. The van der Waals surface area contributed by atoms with Crippen LogP contribution in [0.2, 0.25) is 0 Å². The third kappa shape index (κ3) is 3.52. The lowest BCUT2D eigenvalue weighted by Gasteiger charge is -2.24. The summed E-state index contributed by atoms with van der Waals surface area (Å²) in [5.74, 6) is 0.271. The second-order valence-electron chi connectivity index (χ2n) is 8.47. The zero-order valence-corrected chi connectivity index (χ0v) is 18.7. The van der Waals surface area contributed by atoms with Crippen molar-refractivity contribution >= 4 is 49.7 Å². The van der Waals surface area contributed by atoms with E-state index in [1.54, 1.807) is 6.20 Å². The Balaban J connectivity index is 1.33. The fourth-order valence-electron chi connectivity index (χ4n) is 4.76. The molecular weight excluding hydrogens is 428 g/mol. The van der Waals surface area contributed by atoms with Gasteiger partial charge in [0.25, 0.3) is 5.91 Å². The molecule has 3 aromatic heterocycles. The highest BCUT2D eigenvalue weighted by atomic mass is 32.1. The Morgan fingerprint density at radius 3 is 2.79 bits per heavy atom. The van der Waals surface area contributed by atoms with E-state index in [4.69, 9.17) is 10.7 Å². The summed E-state index contributed by atoms with van der Waals surface area (Å²) < 4.78 is 0. The SMILES string of the molecule is Nc1c(C(=O)Nc2cccc3ncccc23)sc2nc3c(cc12)C[C@H](c1ccccc1)CC3. The molecule has 0 aliphatic heterocycles. The number of nitrogen functional groups attached to an aromatic ring is 1. The minimum absolute atomic E-state index is 0.216. The molecule has 0 radical (unpaired) electrons. The van der Waals surface area contributed by atoms with Crippen molar-refractivity contribution in [3.05, 3.63) is 94.6 Å². The van der Waals surface area contributed by atoms with Crippen molar-refractivity contribution in [1.82, 2.24) is 9.97 Å². The fraction of sp³-hybridized carbons (Fsp3) is 0.148. The number of nitrogens with zero attached hydrogens (tertiary/aromatic N) is 2. The highest BCUT2D eigenvalue weighted by Crippen LogP contribution is 2.38. The number of nitrogens with one attached hydrogen (secondary N) is 1. The average molecular weight is 451 g/mol. The molecule has 3 heterocycles. The predicted octanol–water partition coefficient (Wildman–Crippen LogP) is 5.95. The molecule has 6 rings (SSSR count). The zero-order chi connectivity index (χ0) is 22.4. The minimum atomic E-state index is -0.216. The Labute approximate surface area is 195 Å². The summed E-state index contributed by atoms with van der Waals surface area (Å²) in [4.78, 5) is 23.8. The van der Waals surface area contributed by atoms with Crippen LogP contribution in [0, 0.1) is 0 Å². The Hall–Kier alpha value is -3.77. The number of nitrogens with two attached hydrogens (primary N) is 1. The van der Waals surface area contributed by atoms with Crippen LogP contribution in [0.15, 0.2) is 72.9 Å². The van der Waals surface area contributed by atoms with Crippen molar-refractivity contribution < 1.29 is 4.79 Å². The molecule has 3 N–H and O–H groups in total. The van der Waals surface area contributed by atoms with Crippen LogP contribution in [0.4, 0.5) is 11.4 Å². The molecule has 0 saturated carbocycles. The first-order chi connectivity index (χ1) is 16.2. The quantitative estimate of drug-likeness (QED) is 0.356. The van der Waals surface area contributed by atoms with Crippen molar-refractivity contribution in [1.29, 1.82) is 0 Å². The zero-order valence-electron chi connectivity index (χ0n) is 17.9. The van der Waals surface area contributed by atoms with Gasteiger partial charge in [-0.1, -0.05) is 36.4 Å². The lowest BCUT2D eigenvalue weighted by Crippen LogP contribution is -2.14. The number of aryl methyl sites for hydroxylation is 1. The van der Waals surface area contributed by atoms with E-state index < -0.39 is 0 Å². The Bertz CT molecular complexity index is 1500. The van der Waals surface area contributed by atoms with Crippen LogP contribution < -0.4 is 11.1 Å². The Morgan fingerprint density at radius 1 is 1.03 bits per heavy atom. The van der Waals surface area contributed by atoms with E-state index in [-0.39, 0.29) is 5.91 Å². The highest BCUT2D eigenvalue weighted by Gasteiger charge is 2.24. The first kappa shape index (κ1) is 19.9. The van der Waals surface area contributed by atoms with E-state index in [2.05, 4.69) is 46.7 Å². The molecule has 0 unspecified atom stereocenters. The molecule has 33 heavy (non-hydrogen) atoms. The van der Waals surface area contributed by atoms with E-state index in [0.717, 1.165) is 51.8 Å². The number of thiophene rings is 1. The summed E-state index contributed by atoms with van der Waals surface area (Å²) in [7, 11) is 0. The molecular formula is C27H22N4OS. The van der Waals surface area contributed by atoms with E-state index in [1.807, 2.05) is 30.3 Å². The number of carbonyl (C=O) groups excluding carboxylic acids is 1. The van der Waals surface area contributed by atoms with Crippen LogP contribution in [0.3, 0.4) is 0 Å². The van der Waals surface area contributed by atoms with Crippen molar-refractivity contribution in [3.8, 4) is 0 Å². The topological polar surface area (TPSA) is 80.9 Å². The molecule has 0 fully saturated rings. The molecule has 2 aromatic carbocycles. The third-order valence-electron chi connectivity index (χ3n) is 6.46. The van der Waals surface area contributed by atoms with Gasteiger partial charge in [-0.05, 0) is 66.6 Å². The number of carbonyl (C=O) groups is 1. The summed E-state index contributed by atoms with van der Waals surface area (Å²) in [6.45, 7) is 0. The second kappa shape index (κ2) is 7.98. The normalized spacial score (nSPS) is 15.5. The molecule has 5 aromatic rings. The molecule has 1 amide bonds. The van der Waals surface area contributed by atoms with Crippen molar-refractivity contribution in [3.63, 3.8) is 0 Å². The summed E-state index contributed by atoms with van der Waals surface area (Å²) in [6, 6.07) is 22.3. The lowest BCUT2D eigenvalue weighted by atomic mass is 9.82. The first-order valence-corrected chi connectivity index (χ1v) is 11.9. The number of fused-ring (bicyclic) bond motifs is 3. The summed E-state index contributed by atoms with van der Waals surface area (Å²) >= 11 is 1.36. The predicted molar refractivity (Wildman–Crippen MR) is 135 cm³/mol. The highest BCUT2D eigenvalue weighted by molar-refractivity contribution is 7.21. The monoisotopic (exact) mass is 450 g/mol. The van der Waals surface area contributed by atoms with Crippen LogP contribution in [-0.4, -0.2) is 15.9 Å². The maximum Gasteiger partial charge on any atom is 0.267 e. The molecule has 1 aliphatic carbocycles. The average Bonchev–Trinajstić information content (AvgIpc) is 3.18. The molecule has 5 nitrogen and oxygen atoms in total. The van der Waals surface area contributed by atoms with Gasteiger partial charge in [0, 0.05) is 22.7 Å². The first-order valence-electron chi connectivity index (χ1n) is 11.1. The Kier molecular flexibility index (Phi) is 4.80. The molecule has 162 valence electrons. The number of benzene rings is 2. The number of anilines is 2. The largest absolute Gasteiger partial charge is 0.397 e. The maximum atomic E-state index is 13.2. The van der Waals surface area contributed by atoms with Gasteiger partial charge in [-0.25, -0.2) is 4.98 Å². The number of hydrogen-bond donors (Lipinski definition) is 2. The van der Waals surface area contributed by atoms with Gasteiger partial charge in [0.15, 0.2) is 0 Å². The van der Waals surface area contributed by atoms with Crippen molar-refractivity contribution in [2.24, 2.45) is 0 Å². The number of rotatable bonds is 3. The number of hydrogen-bond acceptors (Lipinski definition) is 5. The van der Waals surface area contributed by atoms with Gasteiger partial charge in [0.1, 0.15) is 9.71 Å². The summed E-state index contributed by atoms with van der Waals surface area (Å²) in [6.07, 6.45) is 4.71. The van der Waals surface area contributed by atoms with Crippen LogP contribution in [0.25, 0.3) is 21.1 Å². The van der Waals surface area contributed by atoms with Gasteiger partial charge >= 0.3 is 0 Å².